The molecular formula is C24H22ClN5O2S. The van der Waals surface area contributed by atoms with Gasteiger partial charge in [-0.25, -0.2) is 0 Å². The first-order valence-electron chi connectivity index (χ1n) is 10.2. The minimum absolute atomic E-state index is 0.153. The van der Waals surface area contributed by atoms with Crippen molar-refractivity contribution in [1.29, 1.82) is 0 Å². The van der Waals surface area contributed by atoms with Gasteiger partial charge in [0.25, 0.3) is 0 Å². The highest BCUT2D eigenvalue weighted by molar-refractivity contribution is 8.00. The largest absolute Gasteiger partial charge is 0.497 e. The Hall–Kier alpha value is -3.36. The lowest BCUT2D eigenvalue weighted by molar-refractivity contribution is -0.115. The van der Waals surface area contributed by atoms with Crippen molar-refractivity contribution in [3.63, 3.8) is 0 Å². The molecule has 0 fully saturated rings. The smallest absolute Gasteiger partial charge is 0.237 e. The van der Waals surface area contributed by atoms with Gasteiger partial charge in [-0.2, -0.15) is 0 Å². The highest BCUT2D eigenvalue weighted by Crippen LogP contribution is 2.31. The Kier molecular flexibility index (Phi) is 6.96. The predicted molar refractivity (Wildman–Crippen MR) is 131 cm³/mol. The Labute approximate surface area is 201 Å². The van der Waals surface area contributed by atoms with Crippen molar-refractivity contribution < 1.29 is 9.53 Å². The molecule has 0 aliphatic carbocycles. The number of thioether (sulfide) groups is 1. The fourth-order valence-corrected chi connectivity index (χ4v) is 4.21. The molecule has 4 aromatic rings. The van der Waals surface area contributed by atoms with Gasteiger partial charge in [-0.15, -0.1) is 10.2 Å². The molecule has 1 atom stereocenters. The first-order valence-corrected chi connectivity index (χ1v) is 11.5. The van der Waals surface area contributed by atoms with Crippen LogP contribution in [0.5, 0.6) is 5.75 Å². The van der Waals surface area contributed by atoms with Gasteiger partial charge >= 0.3 is 0 Å². The average molecular weight is 480 g/mol. The van der Waals surface area contributed by atoms with Gasteiger partial charge in [-0.1, -0.05) is 29.4 Å². The zero-order valence-electron chi connectivity index (χ0n) is 18.3. The van der Waals surface area contributed by atoms with E-state index in [1.54, 1.807) is 31.6 Å². The van der Waals surface area contributed by atoms with Gasteiger partial charge in [-0.05, 0) is 67.9 Å². The summed E-state index contributed by atoms with van der Waals surface area (Å²) in [5.74, 6) is 1.25. The molecule has 0 saturated carbocycles. The second-order valence-corrected chi connectivity index (χ2v) is 9.03. The fraction of sp³-hybridized carbons (Fsp3) is 0.167. The summed E-state index contributed by atoms with van der Waals surface area (Å²) < 4.78 is 7.21. The molecule has 2 heterocycles. The summed E-state index contributed by atoms with van der Waals surface area (Å²) >= 11 is 7.41. The van der Waals surface area contributed by atoms with Crippen molar-refractivity contribution in [2.24, 2.45) is 0 Å². The molecule has 4 rings (SSSR count). The monoisotopic (exact) mass is 479 g/mol. The van der Waals surface area contributed by atoms with E-state index in [-0.39, 0.29) is 5.91 Å². The van der Waals surface area contributed by atoms with Crippen LogP contribution in [-0.4, -0.2) is 38.0 Å². The third-order valence-corrected chi connectivity index (χ3v) is 6.29. The minimum atomic E-state index is -0.435. The molecule has 0 aliphatic rings. The zero-order valence-corrected chi connectivity index (χ0v) is 19.9. The maximum Gasteiger partial charge on any atom is 0.237 e. The Morgan fingerprint density at radius 1 is 1.09 bits per heavy atom. The Bertz CT molecular complexity index is 1260. The molecule has 0 spiro atoms. The van der Waals surface area contributed by atoms with Crippen LogP contribution in [-0.2, 0) is 4.79 Å². The number of anilines is 1. The number of aromatic nitrogens is 4. The van der Waals surface area contributed by atoms with E-state index >= 15 is 0 Å². The van der Waals surface area contributed by atoms with Crippen LogP contribution in [0.3, 0.4) is 0 Å². The van der Waals surface area contributed by atoms with Crippen LogP contribution in [0.2, 0.25) is 5.02 Å². The first kappa shape index (κ1) is 22.8. The van der Waals surface area contributed by atoms with E-state index in [4.69, 9.17) is 16.3 Å². The highest BCUT2D eigenvalue weighted by Gasteiger charge is 2.22. The number of hydrogen-bond acceptors (Lipinski definition) is 6. The number of rotatable bonds is 7. The van der Waals surface area contributed by atoms with E-state index < -0.39 is 5.25 Å². The molecule has 33 heavy (non-hydrogen) atoms. The summed E-state index contributed by atoms with van der Waals surface area (Å²) in [4.78, 5) is 17.0. The summed E-state index contributed by atoms with van der Waals surface area (Å²) in [5.41, 5.74) is 3.35. The van der Waals surface area contributed by atoms with Crippen LogP contribution in [0.1, 0.15) is 12.5 Å². The van der Waals surface area contributed by atoms with Gasteiger partial charge in [0.15, 0.2) is 11.0 Å². The van der Waals surface area contributed by atoms with Gasteiger partial charge in [0.2, 0.25) is 5.91 Å². The molecule has 0 saturated heterocycles. The third-order valence-electron chi connectivity index (χ3n) is 5.01. The van der Waals surface area contributed by atoms with Crippen molar-refractivity contribution in [2.75, 3.05) is 12.4 Å². The van der Waals surface area contributed by atoms with Crippen LogP contribution in [0.25, 0.3) is 17.1 Å². The van der Waals surface area contributed by atoms with Gasteiger partial charge in [0.1, 0.15) is 5.75 Å². The van der Waals surface area contributed by atoms with E-state index in [9.17, 15) is 4.79 Å². The number of nitrogens with zero attached hydrogens (tertiary/aromatic N) is 4. The molecule has 0 bridgehead atoms. The number of nitrogens with one attached hydrogen (secondary N) is 1. The normalized spacial score (nSPS) is 11.8. The number of methoxy groups -OCH3 is 1. The van der Waals surface area contributed by atoms with E-state index in [1.165, 1.54) is 11.8 Å². The molecule has 9 heteroatoms. The van der Waals surface area contributed by atoms with Crippen molar-refractivity contribution in [3.05, 3.63) is 77.6 Å². The Morgan fingerprint density at radius 3 is 2.52 bits per heavy atom. The second-order valence-electron chi connectivity index (χ2n) is 7.28. The molecule has 0 radical (unpaired) electrons. The number of ether oxygens (including phenoxy) is 1. The van der Waals surface area contributed by atoms with Crippen LogP contribution < -0.4 is 10.1 Å². The number of amides is 1. The summed E-state index contributed by atoms with van der Waals surface area (Å²) in [7, 11) is 1.62. The number of halogens is 1. The fourth-order valence-electron chi connectivity index (χ4n) is 3.17. The highest BCUT2D eigenvalue weighted by atomic mass is 35.5. The van der Waals surface area contributed by atoms with Gasteiger partial charge in [-0.3, -0.25) is 14.3 Å². The number of aryl methyl sites for hydroxylation is 1. The van der Waals surface area contributed by atoms with Crippen LogP contribution in [0.4, 0.5) is 5.69 Å². The lowest BCUT2D eigenvalue weighted by atomic mass is 10.2. The SMILES string of the molecule is COc1ccc(-n2c(SC(C)C(=O)Nc3cc(Cl)ccc3C)nnc2-c2ccncc2)cc1. The van der Waals surface area contributed by atoms with Gasteiger partial charge in [0, 0.05) is 34.4 Å². The summed E-state index contributed by atoms with van der Waals surface area (Å²) in [6.45, 7) is 3.75. The van der Waals surface area contributed by atoms with E-state index in [0.29, 0.717) is 21.7 Å². The van der Waals surface area contributed by atoms with Crippen LogP contribution >= 0.6 is 23.4 Å². The average Bonchev–Trinajstić information content (AvgIpc) is 3.25. The molecule has 1 N–H and O–H groups in total. The molecule has 0 aliphatic heterocycles. The summed E-state index contributed by atoms with van der Waals surface area (Å²) in [6, 6.07) is 16.8. The summed E-state index contributed by atoms with van der Waals surface area (Å²) in [6.07, 6.45) is 3.41. The molecule has 2 aromatic heterocycles. The van der Waals surface area contributed by atoms with E-state index in [0.717, 1.165) is 22.6 Å². The second kappa shape index (κ2) is 10.1. The quantitative estimate of drug-likeness (QED) is 0.356. The topological polar surface area (TPSA) is 81.9 Å². The lowest BCUT2D eigenvalue weighted by Gasteiger charge is -2.15. The Balaban J connectivity index is 1.64. The molecular weight excluding hydrogens is 458 g/mol. The maximum atomic E-state index is 12.9. The standard InChI is InChI=1S/C24H22ClN5O2S/c1-15-4-5-18(25)14-21(15)27-23(31)16(2)33-24-29-28-22(17-10-12-26-13-11-17)30(24)19-6-8-20(32-3)9-7-19/h4-14,16H,1-3H3,(H,27,31). The summed E-state index contributed by atoms with van der Waals surface area (Å²) in [5, 5.41) is 12.5. The first-order chi connectivity index (χ1) is 16.0. The van der Waals surface area contributed by atoms with Gasteiger partial charge in [0.05, 0.1) is 12.4 Å². The van der Waals surface area contributed by atoms with Gasteiger partial charge < -0.3 is 10.1 Å². The van der Waals surface area contributed by atoms with Crippen molar-refractivity contribution >= 4 is 35.0 Å². The third kappa shape index (κ3) is 5.18. The molecule has 7 nitrogen and oxygen atoms in total. The molecule has 1 amide bonds. The predicted octanol–water partition coefficient (Wildman–Crippen LogP) is 5.42. The molecule has 1 unspecified atom stereocenters. The number of carbonyl (C=O) groups is 1. The van der Waals surface area contributed by atoms with Crippen molar-refractivity contribution in [2.45, 2.75) is 24.3 Å². The Morgan fingerprint density at radius 2 is 1.82 bits per heavy atom. The lowest BCUT2D eigenvalue weighted by Crippen LogP contribution is -2.23. The van der Waals surface area contributed by atoms with Crippen molar-refractivity contribution in [1.82, 2.24) is 19.7 Å². The molecule has 2 aromatic carbocycles. The number of pyridine rings is 1. The number of benzene rings is 2. The van der Waals surface area contributed by atoms with Crippen LogP contribution in [0.15, 0.2) is 72.1 Å². The number of carbonyl (C=O) groups excluding carboxylic acids is 1. The van der Waals surface area contributed by atoms with Crippen molar-refractivity contribution in [3.8, 4) is 22.8 Å². The van der Waals surface area contributed by atoms with E-state index in [2.05, 4.69) is 20.5 Å². The maximum absolute atomic E-state index is 12.9. The van der Waals surface area contributed by atoms with E-state index in [1.807, 2.05) is 60.9 Å². The molecule has 168 valence electrons. The minimum Gasteiger partial charge on any atom is -0.497 e. The van der Waals surface area contributed by atoms with Crippen LogP contribution in [0, 0.1) is 6.92 Å². The number of hydrogen-bond donors (Lipinski definition) is 1. The zero-order chi connectivity index (χ0) is 23.4.